The monoisotopic (exact) mass is 859 g/mol. The molecule has 0 aliphatic carbocycles. The van der Waals surface area contributed by atoms with E-state index in [2.05, 4.69) is 5.73 Å². The zero-order valence-corrected chi connectivity index (χ0v) is 33.6. The van der Waals surface area contributed by atoms with E-state index in [1.54, 1.807) is 4.90 Å². The Morgan fingerprint density at radius 3 is 1.37 bits per heavy atom. The first-order valence-corrected chi connectivity index (χ1v) is 19.1. The van der Waals surface area contributed by atoms with Gasteiger partial charge < -0.3 is 54.6 Å². The van der Waals surface area contributed by atoms with E-state index in [9.17, 15) is 47.0 Å². The van der Waals surface area contributed by atoms with Gasteiger partial charge in [0.25, 0.3) is 0 Å². The van der Waals surface area contributed by atoms with Gasteiger partial charge in [0.1, 0.15) is 29.4 Å². The summed E-state index contributed by atoms with van der Waals surface area (Å²) in [6.45, 7) is 4.05. The molecule has 2 aromatic carbocycles. The van der Waals surface area contributed by atoms with E-state index >= 15 is 0 Å². The number of carbonyl (C=O) groups is 4. The summed E-state index contributed by atoms with van der Waals surface area (Å²) in [6, 6.07) is 4.39. The standard InChI is InChI=1S/C20H26F2N2O5.C17H22F2N2O5.C2H5NO.CH4/c1-13(25)3-4-15-11-24(19(26)29-15)14-9-16(21)18(17(22)10-14)23-7-5-20(27,6-8-23)12-28-2;1-25-10-17(24)2-4-20(5-3-17)15-13(18)6-11(7-14(15)19)21-8-12(9-22)26-16(21)23;1-2(3)4;/h9-10,15,27H,3-8,11-12H2,1-2H3;6-7,12,22,24H,2-5,8-10H2,1H3;1H3,(H2,3,4);1H4/t15-;12-;;/m01../s1. The van der Waals surface area contributed by atoms with Crippen molar-refractivity contribution in [3.05, 3.63) is 47.5 Å². The molecule has 16 nitrogen and oxygen atoms in total. The van der Waals surface area contributed by atoms with E-state index < -0.39 is 58.9 Å². The molecule has 336 valence electrons. The van der Waals surface area contributed by atoms with E-state index in [0.717, 1.165) is 29.2 Å². The predicted molar refractivity (Wildman–Crippen MR) is 213 cm³/mol. The van der Waals surface area contributed by atoms with Crippen LogP contribution in [0.5, 0.6) is 0 Å². The number of primary amides is 1. The number of nitrogens with two attached hydrogens (primary N) is 1. The van der Waals surface area contributed by atoms with Gasteiger partial charge in [0.15, 0.2) is 23.3 Å². The normalized spacial score (nSPS) is 20.6. The van der Waals surface area contributed by atoms with Gasteiger partial charge >= 0.3 is 12.2 Å². The number of amides is 3. The highest BCUT2D eigenvalue weighted by Crippen LogP contribution is 2.36. The van der Waals surface area contributed by atoms with Crippen molar-refractivity contribution in [3.8, 4) is 0 Å². The highest BCUT2D eigenvalue weighted by atomic mass is 19.1. The minimum absolute atomic E-state index is 0. The number of aliphatic hydroxyl groups is 3. The molecule has 2 atom stereocenters. The summed E-state index contributed by atoms with van der Waals surface area (Å²) in [5, 5.41) is 29.8. The Bertz CT molecular complexity index is 1760. The number of nitrogens with zero attached hydrogens (tertiary/aromatic N) is 4. The van der Waals surface area contributed by atoms with Crippen LogP contribution in [0.3, 0.4) is 0 Å². The molecule has 60 heavy (non-hydrogen) atoms. The van der Waals surface area contributed by atoms with Crippen LogP contribution in [-0.2, 0) is 28.5 Å². The van der Waals surface area contributed by atoms with Crippen molar-refractivity contribution >= 4 is 46.6 Å². The van der Waals surface area contributed by atoms with Gasteiger partial charge in [-0.2, -0.15) is 0 Å². The predicted octanol–water partition coefficient (Wildman–Crippen LogP) is 4.02. The van der Waals surface area contributed by atoms with E-state index in [1.165, 1.54) is 37.9 Å². The van der Waals surface area contributed by atoms with Gasteiger partial charge in [0.2, 0.25) is 5.91 Å². The molecule has 4 saturated heterocycles. The summed E-state index contributed by atoms with van der Waals surface area (Å²) in [7, 11) is 2.99. The van der Waals surface area contributed by atoms with Crippen LogP contribution in [-0.4, -0.2) is 136 Å². The molecule has 3 amide bonds. The number of carbonyl (C=O) groups excluding carboxylic acids is 4. The van der Waals surface area contributed by atoms with Crippen molar-refractivity contribution in [1.82, 2.24) is 0 Å². The number of methoxy groups -OCH3 is 2. The lowest BCUT2D eigenvalue weighted by Gasteiger charge is -2.39. The number of hydrogen-bond donors (Lipinski definition) is 4. The van der Waals surface area contributed by atoms with Crippen molar-refractivity contribution in [3.63, 3.8) is 0 Å². The summed E-state index contributed by atoms with van der Waals surface area (Å²) < 4.78 is 78.8. The molecule has 6 rings (SSSR count). The van der Waals surface area contributed by atoms with Crippen molar-refractivity contribution < 1.29 is 71.0 Å². The van der Waals surface area contributed by atoms with Gasteiger partial charge in [0, 0.05) is 78.0 Å². The first kappa shape index (κ1) is 49.6. The largest absolute Gasteiger partial charge is 0.444 e. The Labute approximate surface area is 346 Å². The van der Waals surface area contributed by atoms with Crippen LogP contribution in [0.25, 0.3) is 0 Å². The minimum atomic E-state index is -0.994. The third kappa shape index (κ3) is 12.9. The second kappa shape index (κ2) is 21.7. The summed E-state index contributed by atoms with van der Waals surface area (Å²) in [6.07, 6.45) is -0.667. The third-order valence-corrected chi connectivity index (χ3v) is 10.2. The number of ether oxygens (including phenoxy) is 4. The Morgan fingerprint density at radius 2 is 1.07 bits per heavy atom. The average Bonchev–Trinajstić information content (AvgIpc) is 3.73. The highest BCUT2D eigenvalue weighted by molar-refractivity contribution is 5.91. The zero-order valence-electron chi connectivity index (χ0n) is 33.6. The van der Waals surface area contributed by atoms with Gasteiger partial charge in [-0.15, -0.1) is 0 Å². The molecular formula is C40H57F4N5O11. The van der Waals surface area contributed by atoms with Crippen LogP contribution in [0.4, 0.5) is 49.9 Å². The van der Waals surface area contributed by atoms with Crippen LogP contribution in [0.2, 0.25) is 0 Å². The molecule has 4 fully saturated rings. The number of benzene rings is 2. The lowest BCUT2D eigenvalue weighted by Crippen LogP contribution is -2.47. The molecule has 4 aliphatic rings. The second-order valence-corrected chi connectivity index (χ2v) is 15.1. The minimum Gasteiger partial charge on any atom is -0.444 e. The van der Waals surface area contributed by atoms with Crippen molar-refractivity contribution in [1.29, 1.82) is 0 Å². The van der Waals surface area contributed by atoms with Crippen molar-refractivity contribution in [2.45, 2.75) is 83.2 Å². The zero-order chi connectivity index (χ0) is 43.7. The molecule has 2 aromatic rings. The molecular weight excluding hydrogens is 802 g/mol. The number of piperidine rings is 2. The number of aliphatic hydroxyl groups excluding tert-OH is 1. The first-order chi connectivity index (χ1) is 27.8. The van der Waals surface area contributed by atoms with Gasteiger partial charge in [-0.1, -0.05) is 7.43 Å². The molecule has 4 heterocycles. The third-order valence-electron chi connectivity index (χ3n) is 10.2. The highest BCUT2D eigenvalue weighted by Gasteiger charge is 2.38. The van der Waals surface area contributed by atoms with Crippen molar-refractivity contribution in [2.24, 2.45) is 5.73 Å². The molecule has 0 unspecified atom stereocenters. The average molecular weight is 860 g/mol. The van der Waals surface area contributed by atoms with Crippen LogP contribution in [0.15, 0.2) is 24.3 Å². The van der Waals surface area contributed by atoms with Crippen molar-refractivity contribution in [2.75, 3.05) is 92.9 Å². The molecule has 0 bridgehead atoms. The van der Waals surface area contributed by atoms with Gasteiger partial charge in [-0.05, 0) is 39.0 Å². The lowest BCUT2D eigenvalue weighted by atomic mass is 9.92. The fourth-order valence-corrected chi connectivity index (χ4v) is 7.21. The fourth-order valence-electron chi connectivity index (χ4n) is 7.21. The molecule has 5 N–H and O–H groups in total. The van der Waals surface area contributed by atoms with Crippen LogP contribution in [0.1, 0.15) is 59.8 Å². The molecule has 4 aliphatic heterocycles. The van der Waals surface area contributed by atoms with Gasteiger partial charge in [0.05, 0.1) is 55.5 Å². The number of halogens is 4. The van der Waals surface area contributed by atoms with Crippen LogP contribution < -0.4 is 25.3 Å². The first-order valence-electron chi connectivity index (χ1n) is 19.1. The number of hydrogen-bond acceptors (Lipinski definition) is 13. The topological polar surface area (TPSA) is 205 Å². The quantitative estimate of drug-likeness (QED) is 0.223. The molecule has 0 spiro atoms. The maximum Gasteiger partial charge on any atom is 0.414 e. The number of Topliss-reactive ketones (excluding diaryl/α,β-unsaturated/α-hetero) is 1. The van der Waals surface area contributed by atoms with Gasteiger partial charge in [-0.3, -0.25) is 14.6 Å². The summed E-state index contributed by atoms with van der Waals surface area (Å²) in [4.78, 5) is 49.6. The second-order valence-electron chi connectivity index (χ2n) is 15.1. The number of rotatable bonds is 12. The van der Waals surface area contributed by atoms with Crippen LogP contribution in [0, 0.1) is 23.3 Å². The maximum atomic E-state index is 14.8. The van der Waals surface area contributed by atoms with E-state index in [0.29, 0.717) is 32.1 Å². The summed E-state index contributed by atoms with van der Waals surface area (Å²) >= 11 is 0. The number of ketones is 1. The molecule has 0 saturated carbocycles. The van der Waals surface area contributed by atoms with E-state index in [4.69, 9.17) is 24.1 Å². The Morgan fingerprint density at radius 1 is 0.733 bits per heavy atom. The Hall–Kier alpha value is -4.76. The number of cyclic esters (lactones) is 2. The fraction of sp³-hybridized carbons (Fsp3) is 0.600. The maximum absolute atomic E-state index is 14.8. The Balaban J connectivity index is 0.000000291. The Kier molecular flexibility index (Phi) is 17.9. The number of anilines is 4. The van der Waals surface area contributed by atoms with E-state index in [1.807, 2.05) is 0 Å². The van der Waals surface area contributed by atoms with Crippen LogP contribution >= 0.6 is 0 Å². The SMILES string of the molecule is C.CC(N)=O.COCC1(O)CCN(c2c(F)cc(N3C[C@H](CCC(C)=O)OC3=O)cc2F)CC1.COCC1(O)CCN(c2c(F)cc(N3C[C@H](CO)OC3=O)cc2F)CC1. The summed E-state index contributed by atoms with van der Waals surface area (Å²) in [5.74, 6) is -3.50. The summed E-state index contributed by atoms with van der Waals surface area (Å²) in [5.41, 5.74) is 2.25. The lowest BCUT2D eigenvalue weighted by molar-refractivity contribution is -0.117. The molecule has 0 radical (unpaired) electrons. The smallest absolute Gasteiger partial charge is 0.414 e. The molecule has 20 heteroatoms. The van der Waals surface area contributed by atoms with Gasteiger partial charge in [-0.25, -0.2) is 27.2 Å². The van der Waals surface area contributed by atoms with E-state index in [-0.39, 0.29) is 107 Å². The molecule has 0 aromatic heterocycles.